The van der Waals surface area contributed by atoms with Crippen LogP contribution in [0, 0.1) is 5.82 Å². The van der Waals surface area contributed by atoms with Crippen molar-refractivity contribution in [1.29, 1.82) is 0 Å². The molecule has 2 heterocycles. The van der Waals surface area contributed by atoms with Gasteiger partial charge in [0.05, 0.1) is 10.6 Å². The molecule has 0 aliphatic carbocycles. The average Bonchev–Trinajstić information content (AvgIpc) is 2.94. The summed E-state index contributed by atoms with van der Waals surface area (Å²) in [4.78, 5) is -0.0170. The number of sulfonamides is 1. The van der Waals surface area contributed by atoms with E-state index in [2.05, 4.69) is 5.16 Å². The molecule has 0 unspecified atom stereocenters. The van der Waals surface area contributed by atoms with E-state index in [1.54, 1.807) is 6.07 Å². The zero-order valence-electron chi connectivity index (χ0n) is 11.8. The molecule has 2 N–H and O–H groups in total. The van der Waals surface area contributed by atoms with Crippen LogP contribution in [-0.2, 0) is 10.0 Å². The van der Waals surface area contributed by atoms with E-state index in [-0.39, 0.29) is 16.7 Å². The van der Waals surface area contributed by atoms with Gasteiger partial charge in [-0.15, -0.1) is 0 Å². The Hall–Kier alpha value is -1.93. The Bertz CT molecular complexity index is 767. The monoisotopic (exact) mass is 325 g/mol. The van der Waals surface area contributed by atoms with Crippen LogP contribution in [-0.4, -0.2) is 31.0 Å². The van der Waals surface area contributed by atoms with Crippen molar-refractivity contribution in [1.82, 2.24) is 9.46 Å². The standard InChI is InChI=1S/C14H16FN3O3S/c15-11-2-1-3-12(8-11)22(19,20)18-6-4-10(5-7-18)13-9-14(16)21-17-13/h1-3,8-10H,4-7,16H2. The van der Waals surface area contributed by atoms with Crippen molar-refractivity contribution in [3.63, 3.8) is 0 Å². The summed E-state index contributed by atoms with van der Waals surface area (Å²) in [7, 11) is -3.66. The van der Waals surface area contributed by atoms with E-state index in [1.807, 2.05) is 0 Å². The summed E-state index contributed by atoms with van der Waals surface area (Å²) >= 11 is 0. The second-order valence-corrected chi connectivity index (χ2v) is 7.23. The van der Waals surface area contributed by atoms with Gasteiger partial charge in [-0.05, 0) is 31.0 Å². The van der Waals surface area contributed by atoms with Gasteiger partial charge in [-0.1, -0.05) is 11.2 Å². The van der Waals surface area contributed by atoms with Gasteiger partial charge in [0.15, 0.2) is 0 Å². The Morgan fingerprint density at radius 1 is 1.27 bits per heavy atom. The molecule has 6 nitrogen and oxygen atoms in total. The third kappa shape index (κ3) is 2.84. The van der Waals surface area contributed by atoms with Crippen molar-refractivity contribution in [3.05, 3.63) is 41.8 Å². The molecule has 8 heteroatoms. The van der Waals surface area contributed by atoms with E-state index in [9.17, 15) is 12.8 Å². The lowest BCUT2D eigenvalue weighted by Crippen LogP contribution is -2.38. The maximum absolute atomic E-state index is 13.2. The molecule has 0 radical (unpaired) electrons. The van der Waals surface area contributed by atoms with Crippen LogP contribution in [0.25, 0.3) is 0 Å². The van der Waals surface area contributed by atoms with Gasteiger partial charge in [0.1, 0.15) is 5.82 Å². The highest BCUT2D eigenvalue weighted by molar-refractivity contribution is 7.89. The second-order valence-electron chi connectivity index (χ2n) is 5.29. The molecular formula is C14H16FN3O3S. The van der Waals surface area contributed by atoms with Crippen LogP contribution in [0.5, 0.6) is 0 Å². The van der Waals surface area contributed by atoms with Crippen molar-refractivity contribution in [3.8, 4) is 0 Å². The molecule has 0 spiro atoms. The summed E-state index contributed by atoms with van der Waals surface area (Å²) in [5.74, 6) is -0.182. The normalized spacial score (nSPS) is 17.7. The third-order valence-corrected chi connectivity index (χ3v) is 5.75. The van der Waals surface area contributed by atoms with Crippen molar-refractivity contribution in [2.75, 3.05) is 18.8 Å². The van der Waals surface area contributed by atoms with E-state index in [0.717, 1.165) is 11.8 Å². The zero-order valence-corrected chi connectivity index (χ0v) is 12.6. The summed E-state index contributed by atoms with van der Waals surface area (Å²) in [6.45, 7) is 0.715. The van der Waals surface area contributed by atoms with Gasteiger partial charge in [0.25, 0.3) is 0 Å². The largest absolute Gasteiger partial charge is 0.368 e. The molecule has 0 amide bonds. The fourth-order valence-electron chi connectivity index (χ4n) is 2.66. The minimum Gasteiger partial charge on any atom is -0.368 e. The van der Waals surface area contributed by atoms with Gasteiger partial charge < -0.3 is 10.3 Å². The molecule has 118 valence electrons. The number of nitrogens with two attached hydrogens (primary N) is 1. The summed E-state index contributed by atoms with van der Waals surface area (Å²) < 4.78 is 44.4. The van der Waals surface area contributed by atoms with Gasteiger partial charge in [-0.3, -0.25) is 0 Å². The molecule has 1 aliphatic heterocycles. The van der Waals surface area contributed by atoms with Crippen LogP contribution >= 0.6 is 0 Å². The summed E-state index contributed by atoms with van der Waals surface area (Å²) in [6.07, 6.45) is 1.25. The van der Waals surface area contributed by atoms with E-state index >= 15 is 0 Å². The van der Waals surface area contributed by atoms with Crippen LogP contribution in [0.4, 0.5) is 10.3 Å². The Morgan fingerprint density at radius 2 is 2.00 bits per heavy atom. The van der Waals surface area contributed by atoms with Crippen LogP contribution < -0.4 is 5.73 Å². The van der Waals surface area contributed by atoms with E-state index in [0.29, 0.717) is 25.9 Å². The van der Waals surface area contributed by atoms with E-state index in [4.69, 9.17) is 10.3 Å². The number of aromatic nitrogens is 1. The molecule has 1 aliphatic rings. The smallest absolute Gasteiger partial charge is 0.243 e. The topological polar surface area (TPSA) is 89.4 Å². The fraction of sp³-hybridized carbons (Fsp3) is 0.357. The second kappa shape index (κ2) is 5.69. The first-order valence-corrected chi connectivity index (χ1v) is 8.38. The lowest BCUT2D eigenvalue weighted by molar-refractivity contribution is 0.309. The fourth-order valence-corrected chi connectivity index (χ4v) is 4.17. The molecule has 1 fully saturated rings. The van der Waals surface area contributed by atoms with E-state index < -0.39 is 15.8 Å². The molecule has 22 heavy (non-hydrogen) atoms. The SMILES string of the molecule is Nc1cc(C2CCN(S(=O)(=O)c3cccc(F)c3)CC2)no1. The minimum atomic E-state index is -3.66. The molecule has 1 aromatic heterocycles. The van der Waals surface area contributed by atoms with Gasteiger partial charge in [-0.2, -0.15) is 4.31 Å². The number of benzene rings is 1. The highest BCUT2D eigenvalue weighted by atomic mass is 32.2. The van der Waals surface area contributed by atoms with Gasteiger partial charge in [-0.25, -0.2) is 12.8 Å². The maximum Gasteiger partial charge on any atom is 0.243 e. The summed E-state index contributed by atoms with van der Waals surface area (Å²) in [5.41, 5.74) is 6.25. The van der Waals surface area contributed by atoms with Crippen LogP contribution in [0.2, 0.25) is 0 Å². The van der Waals surface area contributed by atoms with Gasteiger partial charge in [0.2, 0.25) is 15.9 Å². The molecule has 0 bridgehead atoms. The Morgan fingerprint density at radius 3 is 2.59 bits per heavy atom. The molecule has 0 atom stereocenters. The predicted octanol–water partition coefficient (Wildman–Crippen LogP) is 1.96. The number of nitrogen functional groups attached to an aromatic ring is 1. The number of hydrogen-bond acceptors (Lipinski definition) is 5. The summed E-state index contributed by atoms with van der Waals surface area (Å²) in [6, 6.07) is 6.73. The van der Waals surface area contributed by atoms with Crippen molar-refractivity contribution >= 4 is 15.9 Å². The molecular weight excluding hydrogens is 309 g/mol. The predicted molar refractivity (Wildman–Crippen MR) is 78.0 cm³/mol. The van der Waals surface area contributed by atoms with Gasteiger partial charge >= 0.3 is 0 Å². The average molecular weight is 325 g/mol. The van der Waals surface area contributed by atoms with E-state index in [1.165, 1.54) is 22.5 Å². The Kier molecular flexibility index (Phi) is 3.88. The van der Waals surface area contributed by atoms with Crippen molar-refractivity contribution < 1.29 is 17.3 Å². The number of hydrogen-bond donors (Lipinski definition) is 1. The first kappa shape index (κ1) is 15.0. The third-order valence-electron chi connectivity index (χ3n) is 3.85. The number of piperidine rings is 1. The Labute approximate surface area is 127 Å². The van der Waals surface area contributed by atoms with Crippen molar-refractivity contribution in [2.24, 2.45) is 0 Å². The molecule has 0 saturated carbocycles. The van der Waals surface area contributed by atoms with Crippen molar-refractivity contribution in [2.45, 2.75) is 23.7 Å². The number of anilines is 1. The lowest BCUT2D eigenvalue weighted by Gasteiger charge is -2.30. The number of rotatable bonds is 3. The van der Waals surface area contributed by atoms with Crippen LogP contribution in [0.3, 0.4) is 0 Å². The first-order chi connectivity index (χ1) is 10.5. The highest BCUT2D eigenvalue weighted by Gasteiger charge is 2.31. The zero-order chi connectivity index (χ0) is 15.7. The minimum absolute atomic E-state index is 0.0170. The van der Waals surface area contributed by atoms with Gasteiger partial charge in [0, 0.05) is 25.1 Å². The number of halogens is 1. The van der Waals surface area contributed by atoms with Crippen LogP contribution in [0.1, 0.15) is 24.5 Å². The molecule has 2 aromatic rings. The van der Waals surface area contributed by atoms with Crippen LogP contribution in [0.15, 0.2) is 39.8 Å². The first-order valence-electron chi connectivity index (χ1n) is 6.94. The quantitative estimate of drug-likeness (QED) is 0.932. The maximum atomic E-state index is 13.2. The molecule has 1 aromatic carbocycles. The Balaban J connectivity index is 1.73. The molecule has 3 rings (SSSR count). The molecule has 1 saturated heterocycles. The summed E-state index contributed by atoms with van der Waals surface area (Å²) in [5, 5.41) is 3.88. The highest BCUT2D eigenvalue weighted by Crippen LogP contribution is 2.30. The lowest BCUT2D eigenvalue weighted by atomic mass is 9.95. The number of nitrogens with zero attached hydrogens (tertiary/aromatic N) is 2.